The summed E-state index contributed by atoms with van der Waals surface area (Å²) in [5, 5.41) is 11.7. The van der Waals surface area contributed by atoms with Crippen LogP contribution in [0.25, 0.3) is 0 Å². The molecule has 102 valence electrons. The van der Waals surface area contributed by atoms with E-state index < -0.39 is 11.7 Å². The Balaban J connectivity index is 2.32. The van der Waals surface area contributed by atoms with E-state index in [2.05, 4.69) is 10.5 Å². The van der Waals surface area contributed by atoms with Crippen molar-refractivity contribution in [3.05, 3.63) is 29.8 Å². The molecule has 4 nitrogen and oxygen atoms in total. The summed E-state index contributed by atoms with van der Waals surface area (Å²) in [6.07, 6.45) is -3.71. The minimum atomic E-state index is -4.39. The fraction of sp³-hybridized carbons (Fsp3) is 0.333. The van der Waals surface area contributed by atoms with Crippen LogP contribution in [0.15, 0.2) is 29.4 Å². The van der Waals surface area contributed by atoms with Crippen LogP contribution in [-0.4, -0.2) is 18.2 Å². The molecule has 0 radical (unpaired) electrons. The van der Waals surface area contributed by atoms with E-state index in [1.807, 2.05) is 6.92 Å². The van der Waals surface area contributed by atoms with E-state index in [9.17, 15) is 13.2 Å². The molecule has 0 spiro atoms. The van der Waals surface area contributed by atoms with Crippen molar-refractivity contribution >= 4 is 17.4 Å². The third-order valence-electron chi connectivity index (χ3n) is 2.82. The third-order valence-corrected chi connectivity index (χ3v) is 2.82. The summed E-state index contributed by atoms with van der Waals surface area (Å²) < 4.78 is 38.0. The zero-order valence-electron chi connectivity index (χ0n) is 10.3. The highest BCUT2D eigenvalue weighted by atomic mass is 19.4. The third kappa shape index (κ3) is 2.86. The highest BCUT2D eigenvalue weighted by Crippen LogP contribution is 2.31. The largest absolute Gasteiger partial charge is 0.416 e. The van der Waals surface area contributed by atoms with Gasteiger partial charge in [-0.25, -0.2) is 5.43 Å². The van der Waals surface area contributed by atoms with E-state index in [4.69, 9.17) is 5.41 Å². The Morgan fingerprint density at radius 1 is 1.42 bits per heavy atom. The molecular weight excluding hydrogens is 257 g/mol. The van der Waals surface area contributed by atoms with E-state index in [0.717, 1.165) is 17.8 Å². The molecule has 0 atom stereocenters. The van der Waals surface area contributed by atoms with Gasteiger partial charge in [-0.1, -0.05) is 13.0 Å². The van der Waals surface area contributed by atoms with Crippen molar-refractivity contribution in [3.63, 3.8) is 0 Å². The smallest absolute Gasteiger partial charge is 0.306 e. The summed E-state index contributed by atoms with van der Waals surface area (Å²) in [5.74, 6) is -0.0310. The Bertz CT molecular complexity index is 522. The Hall–Kier alpha value is -2.05. The number of hydrogen-bond donors (Lipinski definition) is 2. The van der Waals surface area contributed by atoms with Crippen LogP contribution in [-0.2, 0) is 6.18 Å². The maximum atomic E-state index is 12.7. The molecule has 0 aromatic heterocycles. The van der Waals surface area contributed by atoms with E-state index in [1.54, 1.807) is 6.07 Å². The van der Waals surface area contributed by atoms with Gasteiger partial charge < -0.3 is 4.90 Å². The van der Waals surface area contributed by atoms with Crippen molar-refractivity contribution in [2.45, 2.75) is 19.5 Å². The fourth-order valence-corrected chi connectivity index (χ4v) is 1.75. The van der Waals surface area contributed by atoms with Gasteiger partial charge in [0.1, 0.15) is 0 Å². The van der Waals surface area contributed by atoms with E-state index in [1.165, 1.54) is 11.0 Å². The van der Waals surface area contributed by atoms with Gasteiger partial charge in [-0.05, 0) is 24.6 Å². The SMILES string of the molecule is CCC1=NNC(=N)N(c2cccc(C(F)(F)F)c2)C1. The molecule has 0 fully saturated rings. The zero-order valence-corrected chi connectivity index (χ0v) is 10.3. The summed E-state index contributed by atoms with van der Waals surface area (Å²) in [5.41, 5.74) is 2.89. The Morgan fingerprint density at radius 2 is 2.16 bits per heavy atom. The van der Waals surface area contributed by atoms with Crippen LogP contribution in [0.4, 0.5) is 18.9 Å². The van der Waals surface area contributed by atoms with Gasteiger partial charge in [0.05, 0.1) is 17.8 Å². The molecule has 0 saturated heterocycles. The monoisotopic (exact) mass is 270 g/mol. The van der Waals surface area contributed by atoms with E-state index in [0.29, 0.717) is 18.7 Å². The molecule has 1 aromatic rings. The quantitative estimate of drug-likeness (QED) is 0.868. The lowest BCUT2D eigenvalue weighted by Crippen LogP contribution is -2.46. The first-order valence-electron chi connectivity index (χ1n) is 5.76. The first kappa shape index (κ1) is 13.4. The van der Waals surface area contributed by atoms with Crippen LogP contribution >= 0.6 is 0 Å². The number of alkyl halides is 3. The summed E-state index contributed by atoms with van der Waals surface area (Å²) in [6, 6.07) is 4.93. The molecule has 0 saturated carbocycles. The number of anilines is 1. The van der Waals surface area contributed by atoms with Crippen molar-refractivity contribution in [1.29, 1.82) is 5.41 Å². The first-order chi connectivity index (χ1) is 8.91. The molecule has 2 rings (SSSR count). The number of benzene rings is 1. The molecule has 0 amide bonds. The second-order valence-corrected chi connectivity index (χ2v) is 4.13. The standard InChI is InChI=1S/C12H13F3N4/c1-2-9-7-19(11(16)18-17-9)10-5-3-4-8(6-10)12(13,14)15/h3-6H,2,7H2,1H3,(H2,16,18). The summed E-state index contributed by atoms with van der Waals surface area (Å²) in [7, 11) is 0. The lowest BCUT2D eigenvalue weighted by Gasteiger charge is -2.29. The van der Waals surface area contributed by atoms with E-state index in [-0.39, 0.29) is 5.96 Å². The van der Waals surface area contributed by atoms with Crippen LogP contribution < -0.4 is 10.3 Å². The Labute approximate surface area is 108 Å². The summed E-state index contributed by atoms with van der Waals surface area (Å²) >= 11 is 0. The van der Waals surface area contributed by atoms with E-state index >= 15 is 0 Å². The van der Waals surface area contributed by atoms with Crippen LogP contribution in [0, 0.1) is 5.41 Å². The molecule has 1 heterocycles. The molecule has 0 aliphatic carbocycles. The second-order valence-electron chi connectivity index (χ2n) is 4.13. The van der Waals surface area contributed by atoms with Crippen molar-refractivity contribution in [1.82, 2.24) is 5.43 Å². The number of hydrogen-bond acceptors (Lipinski definition) is 2. The van der Waals surface area contributed by atoms with Crippen molar-refractivity contribution in [3.8, 4) is 0 Å². The predicted octanol–water partition coefficient (Wildman–Crippen LogP) is 2.82. The van der Waals surface area contributed by atoms with Gasteiger partial charge in [-0.2, -0.15) is 18.3 Å². The van der Waals surface area contributed by atoms with Gasteiger partial charge in [0.25, 0.3) is 0 Å². The number of hydrazone groups is 1. The van der Waals surface area contributed by atoms with Crippen molar-refractivity contribution in [2.24, 2.45) is 5.10 Å². The van der Waals surface area contributed by atoms with Gasteiger partial charge in [0, 0.05) is 5.69 Å². The minimum Gasteiger partial charge on any atom is -0.306 e. The maximum absolute atomic E-state index is 12.7. The van der Waals surface area contributed by atoms with Gasteiger partial charge in [0.2, 0.25) is 5.96 Å². The fourth-order valence-electron chi connectivity index (χ4n) is 1.75. The average molecular weight is 270 g/mol. The first-order valence-corrected chi connectivity index (χ1v) is 5.76. The van der Waals surface area contributed by atoms with Gasteiger partial charge in [-0.3, -0.25) is 5.41 Å². The predicted molar refractivity (Wildman–Crippen MR) is 67.4 cm³/mol. The van der Waals surface area contributed by atoms with Crippen molar-refractivity contribution < 1.29 is 13.2 Å². The van der Waals surface area contributed by atoms with Crippen LogP contribution in [0.3, 0.4) is 0 Å². The number of halogens is 3. The molecule has 0 bridgehead atoms. The molecular formula is C12H13F3N4. The minimum absolute atomic E-state index is 0.0310. The molecule has 0 unspecified atom stereocenters. The highest BCUT2D eigenvalue weighted by Gasteiger charge is 2.31. The molecule has 1 aliphatic heterocycles. The van der Waals surface area contributed by atoms with Gasteiger partial charge in [-0.15, -0.1) is 0 Å². The maximum Gasteiger partial charge on any atom is 0.416 e. The summed E-state index contributed by atoms with van der Waals surface area (Å²) in [6.45, 7) is 2.23. The molecule has 1 aromatic carbocycles. The molecule has 19 heavy (non-hydrogen) atoms. The van der Waals surface area contributed by atoms with Gasteiger partial charge >= 0.3 is 6.18 Å². The number of nitrogens with zero attached hydrogens (tertiary/aromatic N) is 2. The number of guanidine groups is 1. The average Bonchev–Trinajstić information content (AvgIpc) is 2.38. The second kappa shape index (κ2) is 4.91. The van der Waals surface area contributed by atoms with Crippen LogP contribution in [0.1, 0.15) is 18.9 Å². The topological polar surface area (TPSA) is 51.5 Å². The normalized spacial score (nSPS) is 16.1. The molecule has 2 N–H and O–H groups in total. The summed E-state index contributed by atoms with van der Waals surface area (Å²) in [4.78, 5) is 1.46. The number of rotatable bonds is 2. The Kier molecular flexibility index (Phi) is 3.46. The van der Waals surface area contributed by atoms with Crippen LogP contribution in [0.5, 0.6) is 0 Å². The zero-order chi connectivity index (χ0) is 14.0. The molecule has 7 heteroatoms. The van der Waals surface area contributed by atoms with Gasteiger partial charge in [0.15, 0.2) is 0 Å². The molecule has 1 aliphatic rings. The lowest BCUT2D eigenvalue weighted by molar-refractivity contribution is -0.137. The van der Waals surface area contributed by atoms with Crippen LogP contribution in [0.2, 0.25) is 0 Å². The lowest BCUT2D eigenvalue weighted by atomic mass is 10.1. The van der Waals surface area contributed by atoms with Crippen molar-refractivity contribution in [2.75, 3.05) is 11.4 Å². The Morgan fingerprint density at radius 3 is 2.79 bits per heavy atom. The highest BCUT2D eigenvalue weighted by molar-refractivity contribution is 6.04. The number of nitrogens with one attached hydrogen (secondary N) is 2.